The van der Waals surface area contributed by atoms with Gasteiger partial charge in [-0.05, 0) is 35.0 Å². The van der Waals surface area contributed by atoms with Gasteiger partial charge >= 0.3 is 0 Å². The smallest absolute Gasteiger partial charge is 0.251 e. The number of nitrogens with one attached hydrogen (secondary N) is 1. The molecule has 0 aliphatic carbocycles. The Morgan fingerprint density at radius 3 is 2.42 bits per heavy atom. The van der Waals surface area contributed by atoms with Crippen molar-refractivity contribution in [3.63, 3.8) is 0 Å². The fourth-order valence-electron chi connectivity index (χ4n) is 1.86. The molecular weight excluding hydrogens is 247 g/mol. The molecular formula is C14H11FN2O2. The summed E-state index contributed by atoms with van der Waals surface area (Å²) in [5, 5.41) is 5.42. The zero-order valence-corrected chi connectivity index (χ0v) is 10.2. The standard InChI is InChI=1S/C14H11FN2O2/c1-16-14(18)11-3-2-4-12(17-19)13(11)9-5-7-10(15)8-6-9/h2-8H,1H3,(H,16,18). The van der Waals surface area contributed by atoms with E-state index in [9.17, 15) is 14.1 Å². The van der Waals surface area contributed by atoms with Crippen molar-refractivity contribution in [1.82, 2.24) is 5.32 Å². The van der Waals surface area contributed by atoms with Gasteiger partial charge in [-0.3, -0.25) is 4.79 Å². The third kappa shape index (κ3) is 2.49. The highest BCUT2D eigenvalue weighted by atomic mass is 19.1. The molecule has 2 rings (SSSR count). The van der Waals surface area contributed by atoms with Crippen molar-refractivity contribution >= 4 is 11.6 Å². The second kappa shape index (κ2) is 5.39. The van der Waals surface area contributed by atoms with Crippen LogP contribution in [-0.2, 0) is 0 Å². The lowest BCUT2D eigenvalue weighted by molar-refractivity contribution is 0.0964. The van der Waals surface area contributed by atoms with Crippen LogP contribution in [0.4, 0.5) is 10.1 Å². The van der Waals surface area contributed by atoms with Gasteiger partial charge in [0.2, 0.25) is 0 Å². The molecule has 2 aromatic carbocycles. The molecule has 96 valence electrons. The molecule has 0 heterocycles. The lowest BCUT2D eigenvalue weighted by Gasteiger charge is -2.10. The van der Waals surface area contributed by atoms with Crippen LogP contribution in [0.1, 0.15) is 10.4 Å². The largest absolute Gasteiger partial charge is 0.355 e. The van der Waals surface area contributed by atoms with Crippen LogP contribution in [0.15, 0.2) is 47.6 Å². The monoisotopic (exact) mass is 258 g/mol. The van der Waals surface area contributed by atoms with Crippen molar-refractivity contribution in [1.29, 1.82) is 0 Å². The summed E-state index contributed by atoms with van der Waals surface area (Å²) in [6.07, 6.45) is 0. The van der Waals surface area contributed by atoms with Crippen molar-refractivity contribution in [3.8, 4) is 11.1 Å². The highest BCUT2D eigenvalue weighted by Crippen LogP contribution is 2.33. The van der Waals surface area contributed by atoms with Gasteiger partial charge in [-0.2, -0.15) is 0 Å². The first-order valence-corrected chi connectivity index (χ1v) is 5.61. The number of rotatable bonds is 3. The Morgan fingerprint density at radius 1 is 1.16 bits per heavy atom. The van der Waals surface area contributed by atoms with Gasteiger partial charge in [-0.15, -0.1) is 4.91 Å². The van der Waals surface area contributed by atoms with Crippen LogP contribution in [-0.4, -0.2) is 13.0 Å². The fraction of sp³-hybridized carbons (Fsp3) is 0.0714. The molecule has 0 fully saturated rings. The van der Waals surface area contributed by atoms with E-state index in [1.165, 1.54) is 37.4 Å². The molecule has 0 atom stereocenters. The summed E-state index contributed by atoms with van der Waals surface area (Å²) in [4.78, 5) is 22.7. The summed E-state index contributed by atoms with van der Waals surface area (Å²) in [5.74, 6) is -0.716. The molecule has 4 nitrogen and oxygen atoms in total. The normalized spacial score (nSPS) is 10.0. The van der Waals surface area contributed by atoms with Gasteiger partial charge in [0.1, 0.15) is 11.5 Å². The Morgan fingerprint density at radius 2 is 1.84 bits per heavy atom. The molecule has 0 bridgehead atoms. The molecule has 0 spiro atoms. The molecule has 5 heteroatoms. The van der Waals surface area contributed by atoms with Gasteiger partial charge in [-0.1, -0.05) is 18.2 Å². The van der Waals surface area contributed by atoms with E-state index in [-0.39, 0.29) is 17.4 Å². The van der Waals surface area contributed by atoms with E-state index in [1.807, 2.05) is 0 Å². The molecule has 0 aliphatic heterocycles. The lowest BCUT2D eigenvalue weighted by atomic mass is 9.97. The molecule has 1 amide bonds. The third-order valence-corrected chi connectivity index (χ3v) is 2.75. The Labute approximate surface area is 109 Å². The summed E-state index contributed by atoms with van der Waals surface area (Å²) in [6.45, 7) is 0. The van der Waals surface area contributed by atoms with Crippen LogP contribution >= 0.6 is 0 Å². The number of benzene rings is 2. The Kier molecular flexibility index (Phi) is 3.66. The predicted octanol–water partition coefficient (Wildman–Crippen LogP) is 3.25. The Bertz CT molecular complexity index is 624. The van der Waals surface area contributed by atoms with Crippen molar-refractivity contribution < 1.29 is 9.18 Å². The maximum absolute atomic E-state index is 12.9. The van der Waals surface area contributed by atoms with Crippen molar-refractivity contribution in [2.75, 3.05) is 7.05 Å². The number of carbonyl (C=O) groups excluding carboxylic acids is 1. The summed E-state index contributed by atoms with van der Waals surface area (Å²) >= 11 is 0. The van der Waals surface area contributed by atoms with Crippen LogP contribution in [0.5, 0.6) is 0 Å². The van der Waals surface area contributed by atoms with Crippen molar-refractivity contribution in [2.24, 2.45) is 5.18 Å². The molecule has 0 saturated carbocycles. The van der Waals surface area contributed by atoms with Crippen molar-refractivity contribution in [2.45, 2.75) is 0 Å². The third-order valence-electron chi connectivity index (χ3n) is 2.75. The number of hydrogen-bond donors (Lipinski definition) is 1. The number of amides is 1. The van der Waals surface area contributed by atoms with E-state index in [1.54, 1.807) is 12.1 Å². The molecule has 0 aliphatic rings. The zero-order valence-electron chi connectivity index (χ0n) is 10.2. The molecule has 2 aromatic rings. The van der Waals surface area contributed by atoms with Gasteiger partial charge in [-0.25, -0.2) is 4.39 Å². The summed E-state index contributed by atoms with van der Waals surface area (Å²) in [7, 11) is 1.50. The fourth-order valence-corrected chi connectivity index (χ4v) is 1.86. The minimum absolute atomic E-state index is 0.146. The van der Waals surface area contributed by atoms with Crippen LogP contribution < -0.4 is 5.32 Å². The molecule has 0 aromatic heterocycles. The maximum Gasteiger partial charge on any atom is 0.251 e. The number of nitroso groups, excluding NO2 is 1. The first kappa shape index (κ1) is 12.9. The average Bonchev–Trinajstić information content (AvgIpc) is 2.46. The van der Waals surface area contributed by atoms with E-state index in [0.717, 1.165) is 0 Å². The van der Waals surface area contributed by atoms with Crippen LogP contribution in [0.3, 0.4) is 0 Å². The summed E-state index contributed by atoms with van der Waals surface area (Å²) < 4.78 is 12.9. The van der Waals surface area contributed by atoms with Crippen LogP contribution in [0.2, 0.25) is 0 Å². The second-order valence-corrected chi connectivity index (χ2v) is 3.88. The molecule has 0 radical (unpaired) electrons. The van der Waals surface area contributed by atoms with Gasteiger partial charge in [0.15, 0.2) is 0 Å². The maximum atomic E-state index is 12.9. The highest BCUT2D eigenvalue weighted by molar-refractivity contribution is 6.03. The van der Waals surface area contributed by atoms with Gasteiger partial charge < -0.3 is 5.32 Å². The SMILES string of the molecule is CNC(=O)c1cccc(N=O)c1-c1ccc(F)cc1. The number of hydrogen-bond acceptors (Lipinski definition) is 3. The molecule has 1 N–H and O–H groups in total. The zero-order chi connectivity index (χ0) is 13.8. The van der Waals surface area contributed by atoms with Gasteiger partial charge in [0.25, 0.3) is 5.91 Å². The van der Waals surface area contributed by atoms with Crippen LogP contribution in [0.25, 0.3) is 11.1 Å². The highest BCUT2D eigenvalue weighted by Gasteiger charge is 2.16. The minimum Gasteiger partial charge on any atom is -0.355 e. The van der Waals surface area contributed by atoms with Gasteiger partial charge in [0.05, 0.1) is 0 Å². The first-order valence-electron chi connectivity index (χ1n) is 5.61. The van der Waals surface area contributed by atoms with E-state index in [2.05, 4.69) is 10.5 Å². The first-order chi connectivity index (χ1) is 9.17. The number of halogens is 1. The number of nitrogens with zero attached hydrogens (tertiary/aromatic N) is 1. The van der Waals surface area contributed by atoms with Crippen molar-refractivity contribution in [3.05, 3.63) is 58.8 Å². The lowest BCUT2D eigenvalue weighted by Crippen LogP contribution is -2.18. The Balaban J connectivity index is 2.68. The average molecular weight is 258 g/mol. The van der Waals surface area contributed by atoms with Gasteiger partial charge in [0, 0.05) is 18.2 Å². The van der Waals surface area contributed by atoms with E-state index in [4.69, 9.17) is 0 Å². The predicted molar refractivity (Wildman–Crippen MR) is 70.7 cm³/mol. The Hall–Kier alpha value is -2.56. The van der Waals surface area contributed by atoms with E-state index in [0.29, 0.717) is 16.7 Å². The van der Waals surface area contributed by atoms with E-state index < -0.39 is 0 Å². The summed E-state index contributed by atoms with van der Waals surface area (Å²) in [5.41, 5.74) is 1.44. The van der Waals surface area contributed by atoms with Crippen LogP contribution in [0, 0.1) is 10.7 Å². The second-order valence-electron chi connectivity index (χ2n) is 3.88. The quantitative estimate of drug-likeness (QED) is 0.859. The number of carbonyl (C=O) groups is 1. The molecule has 0 saturated heterocycles. The minimum atomic E-state index is -0.387. The van der Waals surface area contributed by atoms with E-state index >= 15 is 0 Å². The summed E-state index contributed by atoms with van der Waals surface area (Å²) in [6, 6.07) is 10.2. The molecule has 0 unspecified atom stereocenters. The molecule has 19 heavy (non-hydrogen) atoms. The topological polar surface area (TPSA) is 58.5 Å².